The van der Waals surface area contributed by atoms with E-state index in [-0.39, 0.29) is 0 Å². The van der Waals surface area contributed by atoms with Crippen LogP contribution in [0.25, 0.3) is 10.2 Å². The van der Waals surface area contributed by atoms with Crippen LogP contribution in [0.5, 0.6) is 0 Å². The molecule has 1 aliphatic carbocycles. The summed E-state index contributed by atoms with van der Waals surface area (Å²) in [5.41, 5.74) is 1.10. The van der Waals surface area contributed by atoms with Crippen LogP contribution >= 0.6 is 11.3 Å². The van der Waals surface area contributed by atoms with Gasteiger partial charge in [0.15, 0.2) is 0 Å². The molecule has 0 amide bonds. The number of anilines is 1. The molecule has 2 unspecified atom stereocenters. The fourth-order valence-electron chi connectivity index (χ4n) is 3.79. The van der Waals surface area contributed by atoms with Crippen LogP contribution < -0.4 is 4.90 Å². The van der Waals surface area contributed by atoms with Crippen LogP contribution in [0, 0.1) is 11.8 Å². The molecular weight excluding hydrogens is 254 g/mol. The van der Waals surface area contributed by atoms with Gasteiger partial charge < -0.3 is 4.90 Å². The zero-order valence-electron chi connectivity index (χ0n) is 11.1. The van der Waals surface area contributed by atoms with Gasteiger partial charge in [-0.05, 0) is 36.1 Å². The molecular formula is C15H19N3S. The van der Waals surface area contributed by atoms with E-state index in [2.05, 4.69) is 26.3 Å². The lowest BCUT2D eigenvalue weighted by Crippen LogP contribution is -2.42. The second-order valence-electron chi connectivity index (χ2n) is 5.87. The SMILES string of the molecule is c1nc(N2CCC3CCCCC3C2)c2sccc2n1. The number of nitrogens with zero attached hydrogens (tertiary/aromatic N) is 3. The number of hydrogen-bond donors (Lipinski definition) is 0. The Bertz CT molecular complexity index is 580. The lowest BCUT2D eigenvalue weighted by atomic mass is 9.75. The van der Waals surface area contributed by atoms with Crippen molar-refractivity contribution in [3.05, 3.63) is 17.8 Å². The highest BCUT2D eigenvalue weighted by atomic mass is 32.1. The predicted molar refractivity (Wildman–Crippen MR) is 79.7 cm³/mol. The Balaban J connectivity index is 1.64. The lowest BCUT2D eigenvalue weighted by Gasteiger charge is -2.41. The number of fused-ring (bicyclic) bond motifs is 2. The zero-order valence-corrected chi connectivity index (χ0v) is 11.9. The molecule has 2 aliphatic rings. The molecule has 1 saturated carbocycles. The van der Waals surface area contributed by atoms with Gasteiger partial charge in [-0.3, -0.25) is 0 Å². The molecule has 19 heavy (non-hydrogen) atoms. The maximum absolute atomic E-state index is 4.57. The predicted octanol–water partition coefficient (Wildman–Crippen LogP) is 3.71. The van der Waals surface area contributed by atoms with E-state index in [0.29, 0.717) is 0 Å². The molecule has 4 rings (SSSR count). The standard InChI is InChI=1S/C15H19N3S/c1-2-4-12-9-18(7-5-11(12)3-1)15-14-13(6-8-19-14)16-10-17-15/h6,8,10-12H,1-5,7,9H2. The van der Waals surface area contributed by atoms with Gasteiger partial charge in [0.25, 0.3) is 0 Å². The first-order valence-electron chi connectivity index (χ1n) is 7.35. The summed E-state index contributed by atoms with van der Waals surface area (Å²) >= 11 is 1.77. The molecule has 0 bridgehead atoms. The van der Waals surface area contributed by atoms with Crippen molar-refractivity contribution in [2.24, 2.45) is 11.8 Å². The summed E-state index contributed by atoms with van der Waals surface area (Å²) in [6.45, 7) is 2.37. The number of piperidine rings is 1. The van der Waals surface area contributed by atoms with Crippen LogP contribution in [-0.2, 0) is 0 Å². The number of rotatable bonds is 1. The first-order chi connectivity index (χ1) is 9.42. The van der Waals surface area contributed by atoms with Gasteiger partial charge in [-0.2, -0.15) is 0 Å². The molecule has 1 aliphatic heterocycles. The summed E-state index contributed by atoms with van der Waals surface area (Å²) in [6, 6.07) is 2.10. The molecule has 4 heteroatoms. The van der Waals surface area contributed by atoms with Crippen LogP contribution in [-0.4, -0.2) is 23.1 Å². The first kappa shape index (κ1) is 11.6. The third-order valence-electron chi connectivity index (χ3n) is 4.82. The molecule has 0 N–H and O–H groups in total. The van der Waals surface area contributed by atoms with E-state index in [1.807, 2.05) is 0 Å². The molecule has 2 atom stereocenters. The average Bonchev–Trinajstić information content (AvgIpc) is 2.95. The van der Waals surface area contributed by atoms with Crippen LogP contribution in [0.4, 0.5) is 5.82 Å². The van der Waals surface area contributed by atoms with Crippen molar-refractivity contribution in [3.63, 3.8) is 0 Å². The average molecular weight is 273 g/mol. The third-order valence-corrected chi connectivity index (χ3v) is 5.71. The molecule has 0 radical (unpaired) electrons. The Morgan fingerprint density at radius 3 is 2.95 bits per heavy atom. The number of hydrogen-bond acceptors (Lipinski definition) is 4. The van der Waals surface area contributed by atoms with Crippen molar-refractivity contribution in [1.82, 2.24) is 9.97 Å². The molecule has 2 fully saturated rings. The topological polar surface area (TPSA) is 29.0 Å². The minimum absolute atomic E-state index is 0.896. The Labute approximate surface area is 117 Å². The second-order valence-corrected chi connectivity index (χ2v) is 6.79. The van der Waals surface area contributed by atoms with Crippen molar-refractivity contribution in [2.75, 3.05) is 18.0 Å². The van der Waals surface area contributed by atoms with Crippen LogP contribution in [0.15, 0.2) is 17.8 Å². The highest BCUT2D eigenvalue weighted by molar-refractivity contribution is 7.17. The largest absolute Gasteiger partial charge is 0.355 e. The fourth-order valence-corrected chi connectivity index (χ4v) is 4.66. The molecule has 100 valence electrons. The number of aromatic nitrogens is 2. The van der Waals surface area contributed by atoms with Gasteiger partial charge in [-0.1, -0.05) is 19.3 Å². The van der Waals surface area contributed by atoms with E-state index in [0.717, 1.165) is 17.4 Å². The fraction of sp³-hybridized carbons (Fsp3) is 0.600. The summed E-state index contributed by atoms with van der Waals surface area (Å²) in [6.07, 6.45) is 8.81. The monoisotopic (exact) mass is 273 g/mol. The highest BCUT2D eigenvalue weighted by Gasteiger charge is 2.32. The maximum atomic E-state index is 4.57. The van der Waals surface area contributed by atoms with Gasteiger partial charge in [-0.25, -0.2) is 9.97 Å². The van der Waals surface area contributed by atoms with E-state index >= 15 is 0 Å². The van der Waals surface area contributed by atoms with Gasteiger partial charge in [0, 0.05) is 13.1 Å². The van der Waals surface area contributed by atoms with E-state index in [4.69, 9.17) is 0 Å². The lowest BCUT2D eigenvalue weighted by molar-refractivity contribution is 0.202. The van der Waals surface area contributed by atoms with Gasteiger partial charge in [0.1, 0.15) is 12.1 Å². The van der Waals surface area contributed by atoms with Crippen LogP contribution in [0.3, 0.4) is 0 Å². The summed E-state index contributed by atoms with van der Waals surface area (Å²) < 4.78 is 1.26. The van der Waals surface area contributed by atoms with Crippen molar-refractivity contribution < 1.29 is 0 Å². The van der Waals surface area contributed by atoms with E-state index < -0.39 is 0 Å². The van der Waals surface area contributed by atoms with E-state index in [9.17, 15) is 0 Å². The smallest absolute Gasteiger partial charge is 0.150 e. The highest BCUT2D eigenvalue weighted by Crippen LogP contribution is 2.38. The molecule has 3 heterocycles. The van der Waals surface area contributed by atoms with Crippen LogP contribution in [0.2, 0.25) is 0 Å². The summed E-state index contributed by atoms with van der Waals surface area (Å²) in [4.78, 5) is 11.4. The number of thiophene rings is 1. The Morgan fingerprint density at radius 1 is 1.11 bits per heavy atom. The third kappa shape index (κ3) is 2.02. The van der Waals surface area contributed by atoms with Crippen molar-refractivity contribution in [2.45, 2.75) is 32.1 Å². The molecule has 1 saturated heterocycles. The van der Waals surface area contributed by atoms with Crippen LogP contribution in [0.1, 0.15) is 32.1 Å². The molecule has 0 aromatic carbocycles. The molecule has 3 nitrogen and oxygen atoms in total. The van der Waals surface area contributed by atoms with E-state index in [1.165, 1.54) is 55.7 Å². The minimum atomic E-state index is 0.896. The molecule has 0 spiro atoms. The van der Waals surface area contributed by atoms with Gasteiger partial charge in [0.2, 0.25) is 0 Å². The van der Waals surface area contributed by atoms with Gasteiger partial charge in [-0.15, -0.1) is 11.3 Å². The van der Waals surface area contributed by atoms with Gasteiger partial charge in [0.05, 0.1) is 10.2 Å². The first-order valence-corrected chi connectivity index (χ1v) is 8.23. The van der Waals surface area contributed by atoms with Crippen molar-refractivity contribution >= 4 is 27.4 Å². The zero-order chi connectivity index (χ0) is 12.7. The normalized spacial score (nSPS) is 27.5. The second kappa shape index (κ2) is 4.75. The summed E-state index contributed by atoms with van der Waals surface area (Å²) in [5, 5.41) is 2.12. The van der Waals surface area contributed by atoms with Gasteiger partial charge >= 0.3 is 0 Å². The Kier molecular flexibility index (Phi) is 2.91. The Morgan fingerprint density at radius 2 is 2.00 bits per heavy atom. The minimum Gasteiger partial charge on any atom is -0.355 e. The quantitative estimate of drug-likeness (QED) is 0.793. The van der Waals surface area contributed by atoms with E-state index in [1.54, 1.807) is 17.7 Å². The van der Waals surface area contributed by atoms with Crippen molar-refractivity contribution in [3.8, 4) is 0 Å². The molecule has 2 aromatic rings. The molecule has 2 aromatic heterocycles. The summed E-state index contributed by atoms with van der Waals surface area (Å²) in [7, 11) is 0. The Hall–Kier alpha value is -1.16. The summed E-state index contributed by atoms with van der Waals surface area (Å²) in [5.74, 6) is 3.04. The maximum Gasteiger partial charge on any atom is 0.150 e. The van der Waals surface area contributed by atoms with Crippen molar-refractivity contribution in [1.29, 1.82) is 0 Å².